The molecule has 1 unspecified atom stereocenters. The third kappa shape index (κ3) is 2.39. The summed E-state index contributed by atoms with van der Waals surface area (Å²) < 4.78 is 7.03. The van der Waals surface area contributed by atoms with Crippen LogP contribution in [0.25, 0.3) is 0 Å². The van der Waals surface area contributed by atoms with Crippen LogP contribution in [0.5, 0.6) is 5.75 Å². The number of thiazole rings is 1. The predicted octanol–water partition coefficient (Wildman–Crippen LogP) is 2.15. The van der Waals surface area contributed by atoms with Crippen molar-refractivity contribution >= 4 is 11.3 Å². The van der Waals surface area contributed by atoms with E-state index < -0.39 is 6.10 Å². The lowest BCUT2D eigenvalue weighted by molar-refractivity contribution is 0.198. The van der Waals surface area contributed by atoms with Crippen LogP contribution in [0.3, 0.4) is 0 Å². The van der Waals surface area contributed by atoms with E-state index in [1.54, 1.807) is 18.0 Å². The number of hydrogen-bond donors (Lipinski definition) is 1. The number of methoxy groups -OCH3 is 1. The zero-order valence-electron chi connectivity index (χ0n) is 10.8. The molecule has 1 N–H and O–H groups in total. The molecule has 0 aliphatic carbocycles. The van der Waals surface area contributed by atoms with E-state index in [-0.39, 0.29) is 0 Å². The van der Waals surface area contributed by atoms with Crippen molar-refractivity contribution in [3.63, 3.8) is 0 Å². The second kappa shape index (κ2) is 5.49. The third-order valence-electron chi connectivity index (χ3n) is 2.68. The molecule has 0 saturated carbocycles. The topological polar surface area (TPSA) is 60.2 Å². The number of aryl methyl sites for hydroxylation is 2. The lowest BCUT2D eigenvalue weighted by atomic mass is 10.2. The van der Waals surface area contributed by atoms with Crippen molar-refractivity contribution in [2.24, 2.45) is 0 Å². The van der Waals surface area contributed by atoms with Gasteiger partial charge in [-0.2, -0.15) is 5.10 Å². The van der Waals surface area contributed by atoms with E-state index in [9.17, 15) is 5.11 Å². The Morgan fingerprint density at radius 3 is 2.89 bits per heavy atom. The largest absolute Gasteiger partial charge is 0.493 e. The molecule has 0 radical (unpaired) electrons. The van der Waals surface area contributed by atoms with Crippen molar-refractivity contribution in [2.45, 2.75) is 32.9 Å². The van der Waals surface area contributed by atoms with E-state index >= 15 is 0 Å². The van der Waals surface area contributed by atoms with E-state index in [1.165, 1.54) is 11.3 Å². The Labute approximate surface area is 110 Å². The first-order chi connectivity index (χ1) is 8.67. The lowest BCUT2D eigenvalue weighted by Crippen LogP contribution is -2.11. The van der Waals surface area contributed by atoms with Gasteiger partial charge in [0.05, 0.1) is 24.0 Å². The summed E-state index contributed by atoms with van der Waals surface area (Å²) in [4.78, 5) is 4.32. The minimum absolute atomic E-state index is 0.599. The quantitative estimate of drug-likeness (QED) is 0.901. The van der Waals surface area contributed by atoms with Crippen molar-refractivity contribution in [2.75, 3.05) is 7.11 Å². The fourth-order valence-electron chi connectivity index (χ4n) is 1.85. The fourth-order valence-corrected chi connectivity index (χ4v) is 2.48. The Morgan fingerprint density at radius 1 is 1.56 bits per heavy atom. The lowest BCUT2D eigenvalue weighted by Gasteiger charge is -2.12. The van der Waals surface area contributed by atoms with Crippen molar-refractivity contribution in [3.05, 3.63) is 28.0 Å². The molecule has 98 valence electrons. The molecule has 2 heterocycles. The van der Waals surface area contributed by atoms with Crippen LogP contribution >= 0.6 is 11.3 Å². The van der Waals surface area contributed by atoms with Crippen LogP contribution in [0, 0.1) is 6.92 Å². The second-order valence-electron chi connectivity index (χ2n) is 4.02. The van der Waals surface area contributed by atoms with Crippen LogP contribution in [0.2, 0.25) is 0 Å². The van der Waals surface area contributed by atoms with Crippen LogP contribution in [-0.2, 0) is 6.54 Å². The average molecular weight is 267 g/mol. The molecule has 0 saturated heterocycles. The fraction of sp³-hybridized carbons (Fsp3) is 0.500. The van der Waals surface area contributed by atoms with Gasteiger partial charge in [0.1, 0.15) is 11.8 Å². The Bertz CT molecular complexity index is 521. The van der Waals surface area contributed by atoms with Crippen molar-refractivity contribution < 1.29 is 9.84 Å². The molecule has 0 bridgehead atoms. The summed E-state index contributed by atoms with van der Waals surface area (Å²) in [5.74, 6) is 0.599. The predicted molar refractivity (Wildman–Crippen MR) is 70.0 cm³/mol. The minimum Gasteiger partial charge on any atom is -0.493 e. The molecule has 2 rings (SSSR count). The number of nitrogens with zero attached hydrogens (tertiary/aromatic N) is 3. The normalized spacial score (nSPS) is 12.7. The monoisotopic (exact) mass is 267 g/mol. The van der Waals surface area contributed by atoms with Crippen LogP contribution < -0.4 is 4.74 Å². The van der Waals surface area contributed by atoms with Gasteiger partial charge in [-0.05, 0) is 13.3 Å². The van der Waals surface area contributed by atoms with Gasteiger partial charge in [-0.15, -0.1) is 11.3 Å². The van der Waals surface area contributed by atoms with E-state index in [0.717, 1.165) is 18.0 Å². The summed E-state index contributed by atoms with van der Waals surface area (Å²) in [6.45, 7) is 4.73. The van der Waals surface area contributed by atoms with Crippen LogP contribution in [-0.4, -0.2) is 27.0 Å². The first-order valence-corrected chi connectivity index (χ1v) is 6.75. The molecular weight excluding hydrogens is 250 g/mol. The summed E-state index contributed by atoms with van der Waals surface area (Å²) >= 11 is 1.52. The highest BCUT2D eigenvalue weighted by molar-refractivity contribution is 7.09. The molecule has 2 aromatic heterocycles. The molecule has 0 fully saturated rings. The zero-order chi connectivity index (χ0) is 13.1. The first kappa shape index (κ1) is 13.0. The third-order valence-corrected chi connectivity index (χ3v) is 3.47. The molecule has 6 heteroatoms. The molecule has 1 atom stereocenters. The molecule has 0 amide bonds. The molecule has 0 spiro atoms. The van der Waals surface area contributed by atoms with Gasteiger partial charge in [0.15, 0.2) is 5.75 Å². The van der Waals surface area contributed by atoms with Gasteiger partial charge in [0.25, 0.3) is 0 Å². The maximum Gasteiger partial charge on any atom is 0.163 e. The molecule has 0 aromatic carbocycles. The summed E-state index contributed by atoms with van der Waals surface area (Å²) in [6.07, 6.45) is 1.78. The number of hydrogen-bond acceptors (Lipinski definition) is 5. The summed E-state index contributed by atoms with van der Waals surface area (Å²) in [6, 6.07) is 0. The molecule has 0 aliphatic rings. The Balaban J connectivity index is 2.38. The Hall–Kier alpha value is -1.40. The van der Waals surface area contributed by atoms with Gasteiger partial charge in [-0.3, -0.25) is 4.68 Å². The van der Waals surface area contributed by atoms with Crippen LogP contribution in [0.4, 0.5) is 0 Å². The van der Waals surface area contributed by atoms with E-state index in [0.29, 0.717) is 17.1 Å². The van der Waals surface area contributed by atoms with Crippen molar-refractivity contribution in [1.82, 2.24) is 14.8 Å². The van der Waals surface area contributed by atoms with Crippen molar-refractivity contribution in [3.8, 4) is 5.75 Å². The first-order valence-electron chi connectivity index (χ1n) is 5.87. The highest BCUT2D eigenvalue weighted by atomic mass is 32.1. The zero-order valence-corrected chi connectivity index (χ0v) is 11.6. The van der Waals surface area contributed by atoms with Gasteiger partial charge in [0, 0.05) is 11.9 Å². The number of aliphatic hydroxyl groups is 1. The second-order valence-corrected chi connectivity index (χ2v) is 5.08. The number of rotatable bonds is 5. The molecular formula is C12H17N3O2S. The van der Waals surface area contributed by atoms with E-state index in [2.05, 4.69) is 17.0 Å². The summed E-state index contributed by atoms with van der Waals surface area (Å²) in [5, 5.41) is 17.5. The summed E-state index contributed by atoms with van der Waals surface area (Å²) in [7, 11) is 1.58. The minimum atomic E-state index is -0.793. The Morgan fingerprint density at radius 2 is 2.33 bits per heavy atom. The highest BCUT2D eigenvalue weighted by Crippen LogP contribution is 2.30. The van der Waals surface area contributed by atoms with Gasteiger partial charge < -0.3 is 9.84 Å². The highest BCUT2D eigenvalue weighted by Gasteiger charge is 2.23. The van der Waals surface area contributed by atoms with Gasteiger partial charge >= 0.3 is 0 Å². The van der Waals surface area contributed by atoms with E-state index in [4.69, 9.17) is 4.74 Å². The van der Waals surface area contributed by atoms with E-state index in [1.807, 2.05) is 12.3 Å². The van der Waals surface area contributed by atoms with Gasteiger partial charge in [0.2, 0.25) is 0 Å². The van der Waals surface area contributed by atoms with Gasteiger partial charge in [-0.1, -0.05) is 6.92 Å². The summed E-state index contributed by atoms with van der Waals surface area (Å²) in [5.41, 5.74) is 1.32. The molecule has 0 aliphatic heterocycles. The molecule has 5 nitrogen and oxygen atoms in total. The standard InChI is InChI=1S/C12H17N3O2S/c1-4-5-15-11(10(17-3)6-13-15)12(16)9-7-18-8(2)14-9/h6-7,12,16H,4-5H2,1-3H3. The number of aromatic nitrogens is 3. The van der Waals surface area contributed by atoms with Gasteiger partial charge in [-0.25, -0.2) is 4.98 Å². The van der Waals surface area contributed by atoms with Crippen LogP contribution in [0.15, 0.2) is 11.6 Å². The molecule has 18 heavy (non-hydrogen) atoms. The maximum atomic E-state index is 10.4. The average Bonchev–Trinajstić information content (AvgIpc) is 2.95. The molecule has 2 aromatic rings. The number of ether oxygens (including phenoxy) is 1. The Kier molecular flexibility index (Phi) is 3.98. The SMILES string of the molecule is CCCn1ncc(OC)c1C(O)c1csc(C)n1. The smallest absolute Gasteiger partial charge is 0.163 e. The van der Waals surface area contributed by atoms with Crippen LogP contribution in [0.1, 0.15) is 35.8 Å². The number of aliphatic hydroxyl groups excluding tert-OH is 1. The van der Waals surface area contributed by atoms with Crippen molar-refractivity contribution in [1.29, 1.82) is 0 Å². The maximum absolute atomic E-state index is 10.4.